The van der Waals surface area contributed by atoms with E-state index in [9.17, 15) is 9.59 Å². The van der Waals surface area contributed by atoms with E-state index in [1.54, 1.807) is 0 Å². The number of rotatable bonds is 4. The van der Waals surface area contributed by atoms with E-state index < -0.39 is 11.4 Å². The molecule has 1 aromatic rings. The second-order valence-corrected chi connectivity index (χ2v) is 6.14. The van der Waals surface area contributed by atoms with Crippen molar-refractivity contribution in [1.29, 1.82) is 0 Å². The summed E-state index contributed by atoms with van der Waals surface area (Å²) in [5.74, 6) is -0.517. The maximum Gasteiger partial charge on any atom is 0.341 e. The molecule has 104 valence electrons. The number of aryl methyl sites for hydroxylation is 1. The number of nitrogens with one attached hydrogen (secondary N) is 1. The van der Waals surface area contributed by atoms with Crippen LogP contribution < -0.4 is 11.1 Å². The maximum absolute atomic E-state index is 12.2. The van der Waals surface area contributed by atoms with Crippen molar-refractivity contribution >= 4 is 28.2 Å². The molecule has 1 aliphatic carbocycles. The molecule has 0 aliphatic heterocycles. The summed E-state index contributed by atoms with van der Waals surface area (Å²) >= 11 is 1.39. The molecule has 2 rings (SSSR count). The third-order valence-corrected chi connectivity index (χ3v) is 4.85. The lowest BCUT2D eigenvalue weighted by atomic mass is 10.1. The van der Waals surface area contributed by atoms with Crippen LogP contribution in [0.15, 0.2) is 0 Å². The van der Waals surface area contributed by atoms with Crippen molar-refractivity contribution in [2.24, 2.45) is 11.1 Å². The zero-order valence-corrected chi connectivity index (χ0v) is 12.1. The molecule has 0 spiro atoms. The molecule has 1 aromatic heterocycles. The number of hydrogen-bond donors (Lipinski definition) is 2. The summed E-state index contributed by atoms with van der Waals surface area (Å²) < 4.78 is 4.77. The number of methoxy groups -OCH3 is 1. The van der Waals surface area contributed by atoms with Gasteiger partial charge in [0.2, 0.25) is 5.91 Å². The molecule has 0 saturated heterocycles. The lowest BCUT2D eigenvalue weighted by molar-refractivity contribution is -0.120. The molecule has 3 N–H and O–H groups in total. The third kappa shape index (κ3) is 2.37. The van der Waals surface area contributed by atoms with Gasteiger partial charge in [0.25, 0.3) is 0 Å². The van der Waals surface area contributed by atoms with Gasteiger partial charge in [-0.25, -0.2) is 4.79 Å². The summed E-state index contributed by atoms with van der Waals surface area (Å²) in [6, 6.07) is 0. The van der Waals surface area contributed by atoms with Gasteiger partial charge >= 0.3 is 5.97 Å². The van der Waals surface area contributed by atoms with Crippen LogP contribution in [0.3, 0.4) is 0 Å². The molecule has 1 fully saturated rings. The molecule has 19 heavy (non-hydrogen) atoms. The van der Waals surface area contributed by atoms with Crippen LogP contribution in [-0.2, 0) is 9.53 Å². The number of esters is 1. The summed E-state index contributed by atoms with van der Waals surface area (Å²) in [4.78, 5) is 25.0. The van der Waals surface area contributed by atoms with Crippen molar-refractivity contribution in [3.8, 4) is 0 Å². The zero-order valence-electron chi connectivity index (χ0n) is 11.3. The van der Waals surface area contributed by atoms with Gasteiger partial charge in [0.15, 0.2) is 0 Å². The van der Waals surface area contributed by atoms with Crippen LogP contribution >= 0.6 is 11.3 Å². The highest BCUT2D eigenvalue weighted by atomic mass is 32.1. The fourth-order valence-electron chi connectivity index (χ4n) is 1.97. The van der Waals surface area contributed by atoms with E-state index >= 15 is 0 Å². The maximum atomic E-state index is 12.2. The van der Waals surface area contributed by atoms with E-state index in [4.69, 9.17) is 10.5 Å². The Morgan fingerprint density at radius 1 is 1.42 bits per heavy atom. The Morgan fingerprint density at radius 2 is 2.05 bits per heavy atom. The fourth-order valence-corrected chi connectivity index (χ4v) is 3.02. The van der Waals surface area contributed by atoms with E-state index in [0.29, 0.717) is 17.1 Å². The topological polar surface area (TPSA) is 81.4 Å². The average Bonchev–Trinajstić information content (AvgIpc) is 3.14. The van der Waals surface area contributed by atoms with Gasteiger partial charge in [0.05, 0.1) is 18.1 Å². The van der Waals surface area contributed by atoms with Crippen molar-refractivity contribution in [3.63, 3.8) is 0 Å². The quantitative estimate of drug-likeness (QED) is 0.825. The predicted molar refractivity (Wildman–Crippen MR) is 74.5 cm³/mol. The molecule has 1 heterocycles. The highest BCUT2D eigenvalue weighted by molar-refractivity contribution is 7.16. The van der Waals surface area contributed by atoms with Crippen molar-refractivity contribution in [3.05, 3.63) is 16.0 Å². The molecule has 1 saturated carbocycles. The molecule has 0 aromatic carbocycles. The Hall–Kier alpha value is -1.40. The molecule has 1 amide bonds. The molecule has 5 nitrogen and oxygen atoms in total. The smallest absolute Gasteiger partial charge is 0.341 e. The Labute approximate surface area is 116 Å². The molecule has 0 bridgehead atoms. The molecule has 0 atom stereocenters. The highest BCUT2D eigenvalue weighted by Crippen LogP contribution is 2.46. The van der Waals surface area contributed by atoms with E-state index in [2.05, 4.69) is 5.32 Å². The molecule has 6 heteroatoms. The number of carbonyl (C=O) groups is 2. The average molecular weight is 282 g/mol. The van der Waals surface area contributed by atoms with Crippen molar-refractivity contribution < 1.29 is 14.3 Å². The van der Waals surface area contributed by atoms with Crippen LogP contribution in [0.2, 0.25) is 0 Å². The SMILES string of the molecule is COC(=O)c1c(NC(=O)C2(CN)CC2)sc(C)c1C. The van der Waals surface area contributed by atoms with Crippen LogP contribution in [0.4, 0.5) is 5.00 Å². The number of nitrogens with two attached hydrogens (primary N) is 1. The Morgan fingerprint density at radius 3 is 2.53 bits per heavy atom. The van der Waals surface area contributed by atoms with E-state index in [0.717, 1.165) is 23.3 Å². The largest absolute Gasteiger partial charge is 0.465 e. The summed E-state index contributed by atoms with van der Waals surface area (Å²) in [6.07, 6.45) is 1.62. The van der Waals surface area contributed by atoms with Crippen LogP contribution in [0.5, 0.6) is 0 Å². The van der Waals surface area contributed by atoms with Gasteiger partial charge in [-0.1, -0.05) is 0 Å². The lowest BCUT2D eigenvalue weighted by Crippen LogP contribution is -2.31. The van der Waals surface area contributed by atoms with E-state index in [1.165, 1.54) is 18.4 Å². The Kier molecular flexibility index (Phi) is 3.64. The normalized spacial score (nSPS) is 16.0. The second kappa shape index (κ2) is 4.94. The zero-order chi connectivity index (χ0) is 14.2. The van der Waals surface area contributed by atoms with Crippen LogP contribution in [-0.4, -0.2) is 25.5 Å². The van der Waals surface area contributed by atoms with Crippen LogP contribution in [0, 0.1) is 19.3 Å². The summed E-state index contributed by atoms with van der Waals surface area (Å²) in [7, 11) is 1.34. The van der Waals surface area contributed by atoms with Gasteiger partial charge in [-0.2, -0.15) is 0 Å². The Bertz CT molecular complexity index is 532. The van der Waals surface area contributed by atoms with Gasteiger partial charge in [0, 0.05) is 11.4 Å². The number of anilines is 1. The summed E-state index contributed by atoms with van der Waals surface area (Å²) in [6.45, 7) is 4.11. The summed E-state index contributed by atoms with van der Waals surface area (Å²) in [5.41, 5.74) is 6.50. The monoisotopic (exact) mass is 282 g/mol. The minimum Gasteiger partial charge on any atom is -0.465 e. The standard InChI is InChI=1S/C13H18N2O3S/c1-7-8(2)19-10(9(7)11(16)18-3)15-12(17)13(6-14)4-5-13/h4-6,14H2,1-3H3,(H,15,17). The minimum absolute atomic E-state index is 0.0959. The van der Waals surface area contributed by atoms with Gasteiger partial charge in [-0.3, -0.25) is 4.79 Å². The number of ether oxygens (including phenoxy) is 1. The Balaban J connectivity index is 2.28. The highest BCUT2D eigenvalue weighted by Gasteiger charge is 2.48. The minimum atomic E-state index is -0.431. The van der Waals surface area contributed by atoms with Crippen molar-refractivity contribution in [2.45, 2.75) is 26.7 Å². The van der Waals surface area contributed by atoms with Crippen LogP contribution in [0.1, 0.15) is 33.6 Å². The first-order valence-electron chi connectivity index (χ1n) is 6.15. The molecule has 0 radical (unpaired) electrons. The fraction of sp³-hybridized carbons (Fsp3) is 0.538. The molecule has 0 unspecified atom stereocenters. The van der Waals surface area contributed by atoms with Gasteiger partial charge < -0.3 is 15.8 Å². The number of thiophene rings is 1. The lowest BCUT2D eigenvalue weighted by Gasteiger charge is -2.12. The molecular weight excluding hydrogens is 264 g/mol. The van der Waals surface area contributed by atoms with Crippen LogP contribution in [0.25, 0.3) is 0 Å². The number of carbonyl (C=O) groups excluding carboxylic acids is 2. The molecule has 1 aliphatic rings. The number of hydrogen-bond acceptors (Lipinski definition) is 5. The third-order valence-electron chi connectivity index (χ3n) is 3.73. The van der Waals surface area contributed by atoms with Crippen molar-refractivity contribution in [1.82, 2.24) is 0 Å². The molecular formula is C13H18N2O3S. The summed E-state index contributed by atoms with van der Waals surface area (Å²) in [5, 5.41) is 3.40. The van der Waals surface area contributed by atoms with E-state index in [1.807, 2.05) is 13.8 Å². The predicted octanol–water partition coefficient (Wildman–Crippen LogP) is 1.83. The van der Waals surface area contributed by atoms with Gasteiger partial charge in [-0.15, -0.1) is 11.3 Å². The van der Waals surface area contributed by atoms with Crippen molar-refractivity contribution in [2.75, 3.05) is 19.0 Å². The van der Waals surface area contributed by atoms with Gasteiger partial charge in [-0.05, 0) is 32.3 Å². The first-order chi connectivity index (χ1) is 8.95. The second-order valence-electron chi connectivity index (χ2n) is 4.92. The van der Waals surface area contributed by atoms with Gasteiger partial charge in [0.1, 0.15) is 5.00 Å². The first kappa shape index (κ1) is 14.0. The van der Waals surface area contributed by atoms with E-state index in [-0.39, 0.29) is 5.91 Å². The first-order valence-corrected chi connectivity index (χ1v) is 6.96. The number of amides is 1.